The van der Waals surface area contributed by atoms with Crippen molar-refractivity contribution in [3.8, 4) is 11.1 Å². The number of nitrogens with one attached hydrogen (secondary N) is 5. The highest BCUT2D eigenvalue weighted by molar-refractivity contribution is 6.30. The van der Waals surface area contributed by atoms with Crippen molar-refractivity contribution in [1.82, 2.24) is 36.8 Å². The lowest BCUT2D eigenvalue weighted by Crippen LogP contribution is -2.61. The molecule has 13 N–H and O–H groups in total. The highest BCUT2D eigenvalue weighted by Crippen LogP contribution is 2.22. The van der Waals surface area contributed by atoms with E-state index in [9.17, 15) is 28.8 Å². The van der Waals surface area contributed by atoms with Gasteiger partial charge >= 0.3 is 0 Å². The monoisotopic (exact) mass is 783 g/mol. The maximum atomic E-state index is 13.4. The van der Waals surface area contributed by atoms with Crippen molar-refractivity contribution in [2.45, 2.75) is 82.7 Å². The number of carbonyl (C=O) groups is 6. The normalized spacial score (nSPS) is 13.7. The largest absolute Gasteiger partial charge is 0.419 e. The Kier molecular flexibility index (Phi) is 17.8. The number of Topliss-reactive ketones (excluding diaryl/α,β-unsaturated/α-hetero) is 1. The van der Waals surface area contributed by atoms with Gasteiger partial charge in [-0.05, 0) is 93.9 Å². The molecule has 18 nitrogen and oxygen atoms in total. The Bertz CT molecular complexity index is 1760. The summed E-state index contributed by atoms with van der Waals surface area (Å²) < 4.78 is 5.15. The summed E-state index contributed by atoms with van der Waals surface area (Å²) in [5, 5.41) is 20.5. The van der Waals surface area contributed by atoms with Crippen molar-refractivity contribution in [1.29, 1.82) is 0 Å². The second kappa shape index (κ2) is 22.2. The number of carbonyl (C=O) groups excluding carboxylic acids is 6. The van der Waals surface area contributed by atoms with Crippen LogP contribution in [-0.2, 0) is 19.2 Å². The minimum atomic E-state index is -1.65. The van der Waals surface area contributed by atoms with Crippen LogP contribution in [0.3, 0.4) is 0 Å². The number of ketones is 1. The van der Waals surface area contributed by atoms with Gasteiger partial charge in [0.1, 0.15) is 18.1 Å². The van der Waals surface area contributed by atoms with Gasteiger partial charge in [0.05, 0.1) is 6.04 Å². The minimum absolute atomic E-state index is 0.121. The molecule has 1 aromatic heterocycles. The highest BCUT2D eigenvalue weighted by Gasteiger charge is 2.31. The van der Waals surface area contributed by atoms with Gasteiger partial charge in [-0.2, -0.15) is 0 Å². The molecule has 19 heteroatoms. The van der Waals surface area contributed by atoms with Crippen molar-refractivity contribution in [3.05, 3.63) is 70.9 Å². The van der Waals surface area contributed by atoms with E-state index in [1.807, 2.05) is 12.1 Å². The first-order valence-corrected chi connectivity index (χ1v) is 18.2. The molecule has 55 heavy (non-hydrogen) atoms. The summed E-state index contributed by atoms with van der Waals surface area (Å²) in [5.74, 6) is -4.45. The quantitative estimate of drug-likeness (QED) is 0.0362. The van der Waals surface area contributed by atoms with E-state index >= 15 is 0 Å². The molecule has 1 heterocycles. The van der Waals surface area contributed by atoms with E-state index in [-0.39, 0.29) is 36.7 Å². The van der Waals surface area contributed by atoms with Crippen molar-refractivity contribution < 1.29 is 33.2 Å². The maximum absolute atomic E-state index is 13.4. The third kappa shape index (κ3) is 13.8. The lowest BCUT2D eigenvalue weighted by Gasteiger charge is -2.25. The third-order valence-corrected chi connectivity index (χ3v) is 8.66. The average Bonchev–Trinajstić information content (AvgIpc) is 3.61. The van der Waals surface area contributed by atoms with Crippen LogP contribution in [0.4, 0.5) is 0 Å². The van der Waals surface area contributed by atoms with Gasteiger partial charge in [0, 0.05) is 24.1 Å². The molecule has 2 aromatic carbocycles. The van der Waals surface area contributed by atoms with E-state index in [4.69, 9.17) is 39.0 Å². The SMILES string of the molecule is Cc1nnc(C(=O)C(C)NC(=O)C(CCCCN)NC(=O)C(N)NC(=O)C(CCCCN)NC(=O)C(CN)NC(=O)c2ccc(-c3ccc(Cl)cc3)cc2)o1. The first-order valence-electron chi connectivity index (χ1n) is 17.9. The fourth-order valence-electron chi connectivity index (χ4n) is 5.27. The fourth-order valence-corrected chi connectivity index (χ4v) is 5.39. The Morgan fingerprint density at radius 3 is 1.69 bits per heavy atom. The van der Waals surface area contributed by atoms with E-state index in [0.29, 0.717) is 43.8 Å². The van der Waals surface area contributed by atoms with Crippen LogP contribution in [0.1, 0.15) is 72.4 Å². The second-order valence-corrected chi connectivity index (χ2v) is 13.2. The van der Waals surface area contributed by atoms with Gasteiger partial charge in [-0.1, -0.05) is 35.9 Å². The lowest BCUT2D eigenvalue weighted by atomic mass is 10.0. The molecule has 3 aromatic rings. The highest BCUT2D eigenvalue weighted by atomic mass is 35.5. The summed E-state index contributed by atoms with van der Waals surface area (Å²) in [4.78, 5) is 78.8. The fraction of sp³-hybridized carbons (Fsp3) is 0.444. The predicted molar refractivity (Wildman–Crippen MR) is 204 cm³/mol. The maximum Gasteiger partial charge on any atom is 0.286 e. The smallest absolute Gasteiger partial charge is 0.286 e. The molecule has 0 saturated carbocycles. The number of halogens is 1. The van der Waals surface area contributed by atoms with Crippen LogP contribution < -0.4 is 49.5 Å². The van der Waals surface area contributed by atoms with Crippen LogP contribution in [0, 0.1) is 6.92 Å². The first kappa shape index (κ1) is 44.1. The van der Waals surface area contributed by atoms with Crippen LogP contribution in [0.2, 0.25) is 5.02 Å². The third-order valence-electron chi connectivity index (χ3n) is 8.41. The molecule has 0 radical (unpaired) electrons. The summed E-state index contributed by atoms with van der Waals surface area (Å²) in [7, 11) is 0. The average molecular weight is 784 g/mol. The molecule has 5 amide bonds. The number of aromatic nitrogens is 2. The number of unbranched alkanes of at least 4 members (excludes halogenated alkanes) is 2. The molecule has 3 rings (SSSR count). The summed E-state index contributed by atoms with van der Waals surface area (Å²) in [5.41, 5.74) is 25.2. The Balaban J connectivity index is 1.63. The molecule has 0 saturated heterocycles. The molecule has 0 bridgehead atoms. The Morgan fingerprint density at radius 1 is 0.673 bits per heavy atom. The molecule has 298 valence electrons. The summed E-state index contributed by atoms with van der Waals surface area (Å²) >= 11 is 5.97. The lowest BCUT2D eigenvalue weighted by molar-refractivity contribution is -0.134. The molecular weight excluding hydrogens is 734 g/mol. The minimum Gasteiger partial charge on any atom is -0.419 e. The molecule has 0 aliphatic carbocycles. The topological polar surface area (TPSA) is 306 Å². The van der Waals surface area contributed by atoms with Crippen LogP contribution in [0.25, 0.3) is 11.1 Å². The standard InChI is InChI=1S/C36H50ClN11O7/c1-20(29(49)36-48-47-21(2)55-36)42-32(51)26(7-3-5-17-38)44-35(54)30(41)46-33(52)27(8-4-6-18-39)43-34(53)28(19-40)45-31(50)24-11-9-22(10-12-24)23-13-15-25(37)16-14-23/h9-16,20,26-28,30H,3-8,17-19,38-41H2,1-2H3,(H,42,51)(H,43,53)(H,44,54)(H,45,50)(H,46,52). The van der Waals surface area contributed by atoms with Gasteiger partial charge in [-0.15, -0.1) is 10.2 Å². The van der Waals surface area contributed by atoms with E-state index in [1.165, 1.54) is 13.8 Å². The number of aryl methyl sites for hydroxylation is 1. The summed E-state index contributed by atoms with van der Waals surface area (Å²) in [6.07, 6.45) is 0.574. The van der Waals surface area contributed by atoms with Gasteiger partial charge in [0.25, 0.3) is 17.7 Å². The number of hydrogen-bond donors (Lipinski definition) is 9. The van der Waals surface area contributed by atoms with Gasteiger partial charge < -0.3 is 53.9 Å². The number of hydrogen-bond acceptors (Lipinski definition) is 13. The van der Waals surface area contributed by atoms with E-state index in [0.717, 1.165) is 11.1 Å². The van der Waals surface area contributed by atoms with Crippen LogP contribution in [0.5, 0.6) is 0 Å². The van der Waals surface area contributed by atoms with Crippen LogP contribution in [-0.4, -0.2) is 95.5 Å². The Labute approximate surface area is 323 Å². The van der Waals surface area contributed by atoms with E-state index < -0.39 is 65.7 Å². The van der Waals surface area contributed by atoms with Crippen molar-refractivity contribution in [3.63, 3.8) is 0 Å². The van der Waals surface area contributed by atoms with Crippen LogP contribution >= 0.6 is 11.6 Å². The molecular formula is C36H50ClN11O7. The molecule has 0 fully saturated rings. The van der Waals surface area contributed by atoms with Crippen molar-refractivity contribution in [2.24, 2.45) is 22.9 Å². The van der Waals surface area contributed by atoms with Gasteiger partial charge in [-0.3, -0.25) is 28.8 Å². The molecule has 0 aliphatic heterocycles. The van der Waals surface area contributed by atoms with Crippen molar-refractivity contribution in [2.75, 3.05) is 19.6 Å². The predicted octanol–water partition coefficient (Wildman–Crippen LogP) is -0.228. The van der Waals surface area contributed by atoms with Crippen molar-refractivity contribution >= 4 is 46.9 Å². The van der Waals surface area contributed by atoms with Crippen LogP contribution in [0.15, 0.2) is 52.9 Å². The zero-order valence-electron chi connectivity index (χ0n) is 30.8. The number of nitrogens with two attached hydrogens (primary N) is 4. The molecule has 0 spiro atoms. The van der Waals surface area contributed by atoms with Gasteiger partial charge in [0.15, 0.2) is 6.17 Å². The first-order chi connectivity index (χ1) is 26.3. The van der Waals surface area contributed by atoms with Gasteiger partial charge in [0.2, 0.25) is 29.4 Å². The zero-order chi connectivity index (χ0) is 40.5. The molecule has 5 atom stereocenters. The number of amides is 5. The number of nitrogens with zero attached hydrogens (tertiary/aromatic N) is 2. The number of rotatable bonds is 22. The van der Waals surface area contributed by atoms with Gasteiger partial charge in [-0.25, -0.2) is 0 Å². The molecule has 0 aliphatic rings. The zero-order valence-corrected chi connectivity index (χ0v) is 31.6. The van der Waals surface area contributed by atoms with E-state index in [2.05, 4.69) is 36.8 Å². The summed E-state index contributed by atoms with van der Waals surface area (Å²) in [6.45, 7) is 3.32. The van der Waals surface area contributed by atoms with E-state index in [1.54, 1.807) is 36.4 Å². The summed E-state index contributed by atoms with van der Waals surface area (Å²) in [6, 6.07) is 9.29. The Morgan fingerprint density at radius 2 is 1.18 bits per heavy atom. The second-order valence-electron chi connectivity index (χ2n) is 12.7. The number of benzene rings is 2. The Hall–Kier alpha value is -5.27. The molecule has 5 unspecified atom stereocenters.